The third kappa shape index (κ3) is 3.93. The molecule has 1 heterocycles. The van der Waals surface area contributed by atoms with Gasteiger partial charge in [0.2, 0.25) is 0 Å². The van der Waals surface area contributed by atoms with Gasteiger partial charge in [-0.1, -0.05) is 0 Å². The molecule has 1 aromatic heterocycles. The minimum Gasteiger partial charge on any atom is -0.477 e. The van der Waals surface area contributed by atoms with Gasteiger partial charge in [0.1, 0.15) is 5.69 Å². The number of hydrogen-bond donors (Lipinski definition) is 3. The molecule has 0 saturated heterocycles. The summed E-state index contributed by atoms with van der Waals surface area (Å²) in [6, 6.07) is -0.117. The van der Waals surface area contributed by atoms with Crippen molar-refractivity contribution >= 4 is 22.7 Å². The highest BCUT2D eigenvalue weighted by Gasteiger charge is 2.22. The van der Waals surface area contributed by atoms with Gasteiger partial charge in [0.05, 0.1) is 5.56 Å². The number of rotatable bonds is 6. The van der Waals surface area contributed by atoms with Crippen molar-refractivity contribution in [3.8, 4) is 0 Å². The molecule has 2 unspecified atom stereocenters. The fourth-order valence-electron chi connectivity index (χ4n) is 2.02. The molecule has 1 rings (SSSR count). The van der Waals surface area contributed by atoms with Crippen LogP contribution in [0.15, 0.2) is 0 Å². The van der Waals surface area contributed by atoms with Gasteiger partial charge in [-0.05, 0) is 32.8 Å². The Morgan fingerprint density at radius 2 is 2.00 bits per heavy atom. The largest absolute Gasteiger partial charge is 0.477 e. The van der Waals surface area contributed by atoms with E-state index in [1.54, 1.807) is 20.1 Å². The first-order valence-electron chi connectivity index (χ1n) is 6.27. The van der Waals surface area contributed by atoms with E-state index in [0.29, 0.717) is 29.0 Å². The molecule has 0 aliphatic rings. The average molecular weight is 300 g/mol. The van der Waals surface area contributed by atoms with Crippen LogP contribution in [0.4, 0.5) is 0 Å². The highest BCUT2D eigenvalue weighted by Crippen LogP contribution is 2.18. The molecule has 0 saturated carbocycles. The molecule has 1 aromatic rings. The molecular weight excluding hydrogens is 280 g/mol. The molecule has 2 atom stereocenters. The van der Waals surface area contributed by atoms with Crippen molar-refractivity contribution in [2.75, 3.05) is 12.0 Å². The second-order valence-electron chi connectivity index (χ2n) is 4.87. The van der Waals surface area contributed by atoms with Gasteiger partial charge in [-0.2, -0.15) is 0 Å². The Hall–Kier alpha value is -1.63. The number of carboxylic acids is 1. The van der Waals surface area contributed by atoms with Crippen LogP contribution in [0.25, 0.3) is 0 Å². The highest BCUT2D eigenvalue weighted by atomic mass is 32.2. The lowest BCUT2D eigenvalue weighted by molar-refractivity contribution is 0.0690. The Morgan fingerprint density at radius 3 is 2.45 bits per heavy atom. The Labute approximate surface area is 120 Å². The topological polar surface area (TPSA) is 99.3 Å². The van der Waals surface area contributed by atoms with E-state index in [9.17, 15) is 13.8 Å². The van der Waals surface area contributed by atoms with Crippen molar-refractivity contribution in [2.45, 2.75) is 33.2 Å². The number of carbonyl (C=O) groups excluding carboxylic acids is 1. The summed E-state index contributed by atoms with van der Waals surface area (Å²) < 4.78 is 11.0. The minimum absolute atomic E-state index is 0.0370. The lowest BCUT2D eigenvalue weighted by Gasteiger charge is -2.13. The third-order valence-corrected chi connectivity index (χ3v) is 3.90. The van der Waals surface area contributed by atoms with Crippen LogP contribution < -0.4 is 5.32 Å². The first-order chi connectivity index (χ1) is 9.23. The van der Waals surface area contributed by atoms with Crippen LogP contribution in [0.1, 0.15) is 45.4 Å². The van der Waals surface area contributed by atoms with Crippen molar-refractivity contribution in [2.24, 2.45) is 0 Å². The van der Waals surface area contributed by atoms with E-state index in [2.05, 4.69) is 10.3 Å². The number of hydrogen-bond acceptors (Lipinski definition) is 3. The second-order valence-corrected chi connectivity index (χ2v) is 6.43. The summed E-state index contributed by atoms with van der Waals surface area (Å²) in [4.78, 5) is 25.9. The molecule has 6 nitrogen and oxygen atoms in total. The number of carboxylic acid groups (broad SMARTS) is 1. The second kappa shape index (κ2) is 6.69. The van der Waals surface area contributed by atoms with Crippen molar-refractivity contribution in [1.82, 2.24) is 10.3 Å². The maximum Gasteiger partial charge on any atom is 0.352 e. The molecule has 3 N–H and O–H groups in total. The number of aryl methyl sites for hydroxylation is 1. The van der Waals surface area contributed by atoms with E-state index < -0.39 is 16.8 Å². The summed E-state index contributed by atoms with van der Waals surface area (Å²) in [6.07, 6.45) is 2.23. The number of aromatic nitrogens is 1. The van der Waals surface area contributed by atoms with E-state index >= 15 is 0 Å². The number of aromatic amines is 1. The van der Waals surface area contributed by atoms with E-state index in [0.717, 1.165) is 0 Å². The number of aromatic carboxylic acids is 1. The molecule has 1 amide bonds. The maximum absolute atomic E-state index is 12.2. The fourth-order valence-corrected chi connectivity index (χ4v) is 2.70. The van der Waals surface area contributed by atoms with Crippen LogP contribution in [0.2, 0.25) is 0 Å². The van der Waals surface area contributed by atoms with Crippen LogP contribution >= 0.6 is 0 Å². The molecule has 0 bridgehead atoms. The first kappa shape index (κ1) is 16.4. The van der Waals surface area contributed by atoms with Crippen LogP contribution in [0, 0.1) is 13.8 Å². The molecular formula is C13H20N2O4S. The van der Waals surface area contributed by atoms with E-state index in [-0.39, 0.29) is 17.6 Å². The Balaban J connectivity index is 2.83. The molecule has 20 heavy (non-hydrogen) atoms. The van der Waals surface area contributed by atoms with Gasteiger partial charge in [-0.15, -0.1) is 0 Å². The zero-order valence-corrected chi connectivity index (χ0v) is 12.9. The predicted molar refractivity (Wildman–Crippen MR) is 77.7 cm³/mol. The SMILES string of the molecule is Cc1[nH]c(C(=O)O)c(C)c1C(=O)NC(C)CCS(C)=O. The molecule has 0 aliphatic carbocycles. The maximum atomic E-state index is 12.2. The quantitative estimate of drug-likeness (QED) is 0.735. The van der Waals surface area contributed by atoms with E-state index in [1.807, 2.05) is 6.92 Å². The number of nitrogens with one attached hydrogen (secondary N) is 2. The van der Waals surface area contributed by atoms with Gasteiger partial charge in [0.25, 0.3) is 5.91 Å². The summed E-state index contributed by atoms with van der Waals surface area (Å²) in [5.74, 6) is -0.871. The van der Waals surface area contributed by atoms with Crippen molar-refractivity contribution in [3.05, 3.63) is 22.5 Å². The van der Waals surface area contributed by atoms with Gasteiger partial charge in [-0.3, -0.25) is 9.00 Å². The average Bonchev–Trinajstić information content (AvgIpc) is 2.62. The Morgan fingerprint density at radius 1 is 1.40 bits per heavy atom. The number of H-pyrrole nitrogens is 1. The molecule has 0 fully saturated rings. The third-order valence-electron chi connectivity index (χ3n) is 3.09. The number of amides is 1. The predicted octanol–water partition coefficient (Wildman–Crippen LogP) is 1.22. The van der Waals surface area contributed by atoms with Crippen LogP contribution in [-0.2, 0) is 10.8 Å². The number of carbonyl (C=O) groups is 2. The normalized spacial score (nSPS) is 13.8. The monoisotopic (exact) mass is 300 g/mol. The van der Waals surface area contributed by atoms with Gasteiger partial charge >= 0.3 is 5.97 Å². The molecule has 112 valence electrons. The highest BCUT2D eigenvalue weighted by molar-refractivity contribution is 7.84. The lowest BCUT2D eigenvalue weighted by atomic mass is 10.1. The van der Waals surface area contributed by atoms with Gasteiger partial charge in [0.15, 0.2) is 0 Å². The van der Waals surface area contributed by atoms with Crippen LogP contribution in [-0.4, -0.2) is 44.2 Å². The minimum atomic E-state index is -1.08. The zero-order chi connectivity index (χ0) is 15.4. The fraction of sp³-hybridized carbons (Fsp3) is 0.538. The summed E-state index contributed by atoms with van der Waals surface area (Å²) in [5.41, 5.74) is 1.37. The van der Waals surface area contributed by atoms with Crippen molar-refractivity contribution in [1.29, 1.82) is 0 Å². The van der Waals surface area contributed by atoms with Crippen LogP contribution in [0.5, 0.6) is 0 Å². The summed E-state index contributed by atoms with van der Waals surface area (Å²) >= 11 is 0. The summed E-state index contributed by atoms with van der Waals surface area (Å²) in [6.45, 7) is 5.11. The Kier molecular flexibility index (Phi) is 5.50. The van der Waals surface area contributed by atoms with E-state index in [4.69, 9.17) is 5.11 Å². The first-order valence-corrected chi connectivity index (χ1v) is 8.00. The summed E-state index contributed by atoms with van der Waals surface area (Å²) in [7, 11) is -0.892. The molecule has 0 aromatic carbocycles. The smallest absolute Gasteiger partial charge is 0.352 e. The van der Waals surface area contributed by atoms with E-state index in [1.165, 1.54) is 0 Å². The summed E-state index contributed by atoms with van der Waals surface area (Å²) in [5, 5.41) is 11.8. The van der Waals surface area contributed by atoms with Crippen LogP contribution in [0.3, 0.4) is 0 Å². The molecule has 0 aliphatic heterocycles. The molecule has 0 spiro atoms. The van der Waals surface area contributed by atoms with Gasteiger partial charge in [0, 0.05) is 34.5 Å². The standard InChI is InChI=1S/C13H20N2O4S/c1-7(5-6-20(4)19)14-12(16)10-8(2)11(13(17)18)15-9(10)3/h7,15H,5-6H2,1-4H3,(H,14,16)(H,17,18). The van der Waals surface area contributed by atoms with Gasteiger partial charge in [-0.25, -0.2) is 4.79 Å². The van der Waals surface area contributed by atoms with Crippen molar-refractivity contribution in [3.63, 3.8) is 0 Å². The lowest BCUT2D eigenvalue weighted by Crippen LogP contribution is -2.34. The van der Waals surface area contributed by atoms with Gasteiger partial charge < -0.3 is 15.4 Å². The molecule has 0 radical (unpaired) electrons. The molecule has 7 heteroatoms. The van der Waals surface area contributed by atoms with Crippen molar-refractivity contribution < 1.29 is 18.9 Å². The Bertz CT molecular complexity index is 551. The zero-order valence-electron chi connectivity index (χ0n) is 12.1.